The van der Waals surface area contributed by atoms with E-state index in [1.807, 2.05) is 19.2 Å². The molecule has 3 rings (SSSR count). The third kappa shape index (κ3) is 2.66. The zero-order chi connectivity index (χ0) is 15.0. The second-order valence-corrected chi connectivity index (χ2v) is 6.13. The van der Waals surface area contributed by atoms with Crippen LogP contribution in [0.1, 0.15) is 16.7 Å². The van der Waals surface area contributed by atoms with E-state index in [2.05, 4.69) is 37.4 Å². The molecule has 1 unspecified atom stereocenters. The quantitative estimate of drug-likeness (QED) is 0.919. The van der Waals surface area contributed by atoms with Crippen LogP contribution in [-0.4, -0.2) is 19.7 Å². The minimum atomic E-state index is 0.187. The predicted octanol–water partition coefficient (Wildman–Crippen LogP) is 4.15. The van der Waals surface area contributed by atoms with E-state index < -0.39 is 0 Å². The fourth-order valence-corrected chi connectivity index (χ4v) is 3.22. The minimum Gasteiger partial charge on any atom is -0.488 e. The van der Waals surface area contributed by atoms with Crippen molar-refractivity contribution in [1.82, 2.24) is 5.32 Å². The molecule has 0 amide bonds. The average molecular weight is 302 g/mol. The number of fused-ring (bicyclic) bond motifs is 1. The molecular weight excluding hydrogens is 282 g/mol. The monoisotopic (exact) mass is 301 g/mol. The Hall–Kier alpha value is -1.51. The molecule has 1 N–H and O–H groups in total. The van der Waals surface area contributed by atoms with E-state index in [1.54, 1.807) is 0 Å². The Morgan fingerprint density at radius 3 is 2.81 bits per heavy atom. The lowest BCUT2D eigenvalue weighted by Crippen LogP contribution is -2.27. The first kappa shape index (κ1) is 14.4. The molecule has 2 nitrogen and oxygen atoms in total. The topological polar surface area (TPSA) is 21.3 Å². The second kappa shape index (κ2) is 5.70. The van der Waals surface area contributed by atoms with Crippen LogP contribution in [0.25, 0.3) is 11.1 Å². The molecule has 0 fully saturated rings. The number of benzene rings is 2. The maximum Gasteiger partial charge on any atom is 0.131 e. The molecule has 0 aromatic heterocycles. The summed E-state index contributed by atoms with van der Waals surface area (Å²) in [6.07, 6.45) is 1.10. The molecule has 21 heavy (non-hydrogen) atoms. The Morgan fingerprint density at radius 1 is 1.24 bits per heavy atom. The zero-order valence-electron chi connectivity index (χ0n) is 12.7. The number of nitrogens with one attached hydrogen (secondary N) is 1. The summed E-state index contributed by atoms with van der Waals surface area (Å²) < 4.78 is 6.16. The van der Waals surface area contributed by atoms with Gasteiger partial charge < -0.3 is 10.1 Å². The van der Waals surface area contributed by atoms with Crippen LogP contribution < -0.4 is 10.1 Å². The number of ether oxygens (including phenoxy) is 1. The van der Waals surface area contributed by atoms with E-state index >= 15 is 0 Å². The first-order valence-electron chi connectivity index (χ1n) is 7.30. The van der Waals surface area contributed by atoms with E-state index in [9.17, 15) is 0 Å². The summed E-state index contributed by atoms with van der Waals surface area (Å²) in [6, 6.07) is 10.4. The van der Waals surface area contributed by atoms with Crippen LogP contribution in [0.3, 0.4) is 0 Å². The highest BCUT2D eigenvalue weighted by Crippen LogP contribution is 2.42. The van der Waals surface area contributed by atoms with Crippen molar-refractivity contribution in [2.24, 2.45) is 0 Å². The molecule has 2 aromatic carbocycles. The Morgan fingerprint density at radius 2 is 2.05 bits per heavy atom. The Balaban J connectivity index is 2.11. The van der Waals surface area contributed by atoms with Crippen LogP contribution in [0, 0.1) is 13.8 Å². The van der Waals surface area contributed by atoms with Gasteiger partial charge in [-0.15, -0.1) is 0 Å². The molecule has 110 valence electrons. The molecular formula is C18H20ClNO. The maximum absolute atomic E-state index is 6.32. The molecule has 2 aromatic rings. The number of hydrogen-bond donors (Lipinski definition) is 1. The molecule has 0 bridgehead atoms. The highest BCUT2D eigenvalue weighted by molar-refractivity contribution is 6.31. The average Bonchev–Trinajstić information content (AvgIpc) is 2.84. The van der Waals surface area contributed by atoms with Crippen LogP contribution in [-0.2, 0) is 6.42 Å². The van der Waals surface area contributed by atoms with Gasteiger partial charge in [0.1, 0.15) is 11.9 Å². The normalized spacial score (nSPS) is 16.7. The van der Waals surface area contributed by atoms with Crippen molar-refractivity contribution in [3.8, 4) is 16.9 Å². The maximum atomic E-state index is 6.32. The van der Waals surface area contributed by atoms with E-state index in [1.165, 1.54) is 22.3 Å². The van der Waals surface area contributed by atoms with Crippen LogP contribution in [0.2, 0.25) is 5.02 Å². The largest absolute Gasteiger partial charge is 0.488 e. The van der Waals surface area contributed by atoms with E-state index in [-0.39, 0.29) is 6.10 Å². The van der Waals surface area contributed by atoms with Gasteiger partial charge >= 0.3 is 0 Å². The number of aryl methyl sites for hydroxylation is 1. The number of hydrogen-bond acceptors (Lipinski definition) is 2. The summed E-state index contributed by atoms with van der Waals surface area (Å²) in [4.78, 5) is 0. The molecule has 0 aliphatic carbocycles. The van der Waals surface area contributed by atoms with Crippen molar-refractivity contribution in [1.29, 1.82) is 0 Å². The smallest absolute Gasteiger partial charge is 0.131 e. The first-order chi connectivity index (χ1) is 10.1. The van der Waals surface area contributed by atoms with Crippen LogP contribution in [0.4, 0.5) is 0 Å². The second-order valence-electron chi connectivity index (χ2n) is 5.69. The summed E-state index contributed by atoms with van der Waals surface area (Å²) in [7, 11) is 1.95. The van der Waals surface area contributed by atoms with Gasteiger partial charge in [0.2, 0.25) is 0 Å². The van der Waals surface area contributed by atoms with Crippen LogP contribution in [0.15, 0.2) is 30.3 Å². The lowest BCUT2D eigenvalue weighted by atomic mass is 9.94. The Labute approximate surface area is 131 Å². The highest BCUT2D eigenvalue weighted by Gasteiger charge is 2.26. The molecule has 1 atom stereocenters. The predicted molar refractivity (Wildman–Crippen MR) is 88.4 cm³/mol. The summed E-state index contributed by atoms with van der Waals surface area (Å²) >= 11 is 6.32. The standard InChI is InChI=1S/C18H20ClNO/c1-11-5-4-6-16(12(11)2)17-9-14(19)7-13-8-15(10-20-3)21-18(13)17/h4-7,9,15,20H,8,10H2,1-3H3. The third-order valence-electron chi connectivity index (χ3n) is 4.19. The van der Waals surface area contributed by atoms with Gasteiger partial charge in [-0.2, -0.15) is 0 Å². The number of rotatable bonds is 3. The Kier molecular flexibility index (Phi) is 3.92. The van der Waals surface area contributed by atoms with Gasteiger partial charge in [0.25, 0.3) is 0 Å². The van der Waals surface area contributed by atoms with Gasteiger partial charge in [0.15, 0.2) is 0 Å². The van der Waals surface area contributed by atoms with E-state index in [4.69, 9.17) is 16.3 Å². The SMILES string of the molecule is CNCC1Cc2cc(Cl)cc(-c3cccc(C)c3C)c2O1. The van der Waals surface area contributed by atoms with Crippen molar-refractivity contribution in [3.05, 3.63) is 52.0 Å². The molecule has 0 saturated heterocycles. The summed E-state index contributed by atoms with van der Waals surface area (Å²) in [5.74, 6) is 0.994. The molecule has 0 radical (unpaired) electrons. The van der Waals surface area contributed by atoms with Crippen molar-refractivity contribution >= 4 is 11.6 Å². The number of halogens is 1. The number of likely N-dealkylation sites (N-methyl/N-ethyl adjacent to an activating group) is 1. The van der Waals surface area contributed by atoms with Crippen molar-refractivity contribution in [2.45, 2.75) is 26.4 Å². The molecule has 3 heteroatoms. The first-order valence-corrected chi connectivity index (χ1v) is 7.68. The fourth-order valence-electron chi connectivity index (χ4n) is 2.98. The van der Waals surface area contributed by atoms with E-state index in [0.717, 1.165) is 29.3 Å². The van der Waals surface area contributed by atoms with Crippen molar-refractivity contribution < 1.29 is 4.74 Å². The molecule has 1 aliphatic heterocycles. The van der Waals surface area contributed by atoms with Crippen LogP contribution in [0.5, 0.6) is 5.75 Å². The molecule has 1 aliphatic rings. The summed E-state index contributed by atoms with van der Waals surface area (Å²) in [5.41, 5.74) is 6.09. The van der Waals surface area contributed by atoms with Gasteiger partial charge in [-0.25, -0.2) is 0 Å². The molecule has 0 saturated carbocycles. The minimum absolute atomic E-state index is 0.187. The summed E-state index contributed by atoms with van der Waals surface area (Å²) in [6.45, 7) is 5.13. The van der Waals surface area contributed by atoms with Gasteiger partial charge in [0.05, 0.1) is 0 Å². The lowest BCUT2D eigenvalue weighted by molar-refractivity contribution is 0.232. The fraction of sp³-hybridized carbons (Fsp3) is 0.333. The lowest BCUT2D eigenvalue weighted by Gasteiger charge is -2.15. The molecule has 0 spiro atoms. The van der Waals surface area contributed by atoms with Gasteiger partial charge in [-0.05, 0) is 55.3 Å². The molecule has 1 heterocycles. The third-order valence-corrected chi connectivity index (χ3v) is 4.41. The zero-order valence-corrected chi connectivity index (χ0v) is 13.4. The van der Waals surface area contributed by atoms with Crippen molar-refractivity contribution in [2.75, 3.05) is 13.6 Å². The van der Waals surface area contributed by atoms with E-state index in [0.29, 0.717) is 0 Å². The highest BCUT2D eigenvalue weighted by atomic mass is 35.5. The Bertz CT molecular complexity index is 681. The van der Waals surface area contributed by atoms with Crippen LogP contribution >= 0.6 is 11.6 Å². The van der Waals surface area contributed by atoms with Gasteiger partial charge in [-0.1, -0.05) is 29.8 Å². The van der Waals surface area contributed by atoms with Gasteiger partial charge in [0, 0.05) is 23.6 Å². The van der Waals surface area contributed by atoms with Crippen molar-refractivity contribution in [3.63, 3.8) is 0 Å². The summed E-state index contributed by atoms with van der Waals surface area (Å²) in [5, 5.41) is 3.96. The van der Waals surface area contributed by atoms with Gasteiger partial charge in [-0.3, -0.25) is 0 Å².